The van der Waals surface area contributed by atoms with Crippen LogP contribution in [0.4, 0.5) is 9.18 Å². The van der Waals surface area contributed by atoms with E-state index in [1.165, 1.54) is 12.1 Å². The summed E-state index contributed by atoms with van der Waals surface area (Å²) >= 11 is 0. The van der Waals surface area contributed by atoms with E-state index in [1.54, 1.807) is 47.8 Å². The van der Waals surface area contributed by atoms with Crippen molar-refractivity contribution in [3.63, 3.8) is 0 Å². The molecule has 2 aromatic carbocycles. The van der Waals surface area contributed by atoms with E-state index in [0.29, 0.717) is 54.2 Å². The van der Waals surface area contributed by atoms with Gasteiger partial charge in [-0.15, -0.1) is 0 Å². The van der Waals surface area contributed by atoms with E-state index < -0.39 is 17.7 Å². The molecule has 1 unspecified atom stereocenters. The largest absolute Gasteiger partial charge is 0.481 e. The second-order valence-electron chi connectivity index (χ2n) is 11.7. The quantitative estimate of drug-likeness (QED) is 0.213. The maximum atomic E-state index is 13.8. The Labute approximate surface area is 255 Å². The van der Waals surface area contributed by atoms with Gasteiger partial charge in [0.05, 0.1) is 23.4 Å². The summed E-state index contributed by atoms with van der Waals surface area (Å²) in [7, 11) is 0. The van der Waals surface area contributed by atoms with Crippen LogP contribution in [0.3, 0.4) is 0 Å². The number of carbonyl (C=O) groups is 2. The van der Waals surface area contributed by atoms with Gasteiger partial charge in [0.15, 0.2) is 0 Å². The molecule has 0 bridgehead atoms. The van der Waals surface area contributed by atoms with Crippen molar-refractivity contribution in [2.75, 3.05) is 6.54 Å². The molecule has 0 radical (unpaired) electrons. The number of carboxylic acid groups (broad SMARTS) is 1. The van der Waals surface area contributed by atoms with Gasteiger partial charge in [-0.25, -0.2) is 19.2 Å². The summed E-state index contributed by atoms with van der Waals surface area (Å²) in [4.78, 5) is 39.6. The van der Waals surface area contributed by atoms with Gasteiger partial charge in [0, 0.05) is 24.7 Å². The summed E-state index contributed by atoms with van der Waals surface area (Å²) in [5, 5.41) is 8.88. The highest BCUT2D eigenvalue weighted by molar-refractivity contribution is 5.77. The third-order valence-corrected chi connectivity index (χ3v) is 7.20. The van der Waals surface area contributed by atoms with E-state index in [-0.39, 0.29) is 24.4 Å². The molecule has 0 aliphatic carbocycles. The van der Waals surface area contributed by atoms with Crippen molar-refractivity contribution in [2.24, 2.45) is 0 Å². The number of likely N-dealkylation sites (tertiary alicyclic amines) is 1. The molecule has 0 spiro atoms. The first-order valence-electron chi connectivity index (χ1n) is 14.7. The lowest BCUT2D eigenvalue weighted by Crippen LogP contribution is -2.44. The van der Waals surface area contributed by atoms with Crippen molar-refractivity contribution < 1.29 is 28.6 Å². The number of piperidine rings is 1. The second-order valence-corrected chi connectivity index (χ2v) is 11.7. The summed E-state index contributed by atoms with van der Waals surface area (Å²) in [6, 6.07) is 15.3. The fourth-order valence-corrected chi connectivity index (χ4v) is 5.19. The summed E-state index contributed by atoms with van der Waals surface area (Å²) in [6.45, 7) is 6.06. The summed E-state index contributed by atoms with van der Waals surface area (Å²) < 4.78 is 27.5. The molecular formula is C33H36FN5O5. The number of aromatic nitrogens is 4. The van der Waals surface area contributed by atoms with Crippen LogP contribution in [-0.2, 0) is 16.0 Å². The van der Waals surface area contributed by atoms with Gasteiger partial charge in [-0.3, -0.25) is 9.69 Å². The van der Waals surface area contributed by atoms with Crippen LogP contribution < -0.4 is 4.74 Å². The molecule has 0 saturated carbocycles. The Hall–Kier alpha value is -4.80. The number of carboxylic acids is 1. The number of aryl methyl sites for hydroxylation is 1. The molecule has 5 rings (SSSR count). The lowest BCUT2D eigenvalue weighted by atomic mass is 10.1. The maximum absolute atomic E-state index is 13.8. The standard InChI is InChI=1S/C33H36FN5O5/c1-33(2,3)44-32(42)38-20-5-4-8-27(38)39-21-36-29(23-12-14-24(34)15-13-23)30(39)26-18-19-35-31(37-26)43-25-16-10-22(11-17-25)7-6-9-28(40)41/h10-19,21,27H,4-9,20H2,1-3H3,(H,40,41). The zero-order valence-corrected chi connectivity index (χ0v) is 25.1. The van der Waals surface area contributed by atoms with Gasteiger partial charge in [0.1, 0.15) is 23.3 Å². The highest BCUT2D eigenvalue weighted by atomic mass is 19.1. The van der Waals surface area contributed by atoms with Crippen molar-refractivity contribution in [1.29, 1.82) is 0 Å². The fourth-order valence-electron chi connectivity index (χ4n) is 5.19. The van der Waals surface area contributed by atoms with Gasteiger partial charge in [-0.2, -0.15) is 4.98 Å². The van der Waals surface area contributed by atoms with Gasteiger partial charge >= 0.3 is 18.1 Å². The molecule has 44 heavy (non-hydrogen) atoms. The molecule has 4 aromatic rings. The molecule has 11 heteroatoms. The molecular weight excluding hydrogens is 565 g/mol. The van der Waals surface area contributed by atoms with Crippen LogP contribution in [0, 0.1) is 5.82 Å². The first-order valence-corrected chi connectivity index (χ1v) is 14.7. The average Bonchev–Trinajstić information content (AvgIpc) is 3.43. The molecule has 1 aliphatic rings. The van der Waals surface area contributed by atoms with Gasteiger partial charge in [0.25, 0.3) is 0 Å². The van der Waals surface area contributed by atoms with Crippen LogP contribution in [-0.4, -0.2) is 53.7 Å². The van der Waals surface area contributed by atoms with E-state index in [2.05, 4.69) is 4.98 Å². The van der Waals surface area contributed by atoms with E-state index in [0.717, 1.165) is 18.4 Å². The highest BCUT2D eigenvalue weighted by Crippen LogP contribution is 2.37. The zero-order valence-electron chi connectivity index (χ0n) is 25.1. The molecule has 10 nitrogen and oxygen atoms in total. The predicted octanol–water partition coefficient (Wildman–Crippen LogP) is 7.27. The van der Waals surface area contributed by atoms with Crippen LogP contribution >= 0.6 is 0 Å². The Kier molecular flexibility index (Phi) is 9.22. The van der Waals surface area contributed by atoms with E-state index in [9.17, 15) is 14.0 Å². The third kappa shape index (κ3) is 7.58. The SMILES string of the molecule is CC(C)(C)OC(=O)N1CCCCC1n1cnc(-c2ccc(F)cc2)c1-c1ccnc(Oc2ccc(CCCC(=O)O)cc2)n1. The Morgan fingerprint density at radius 2 is 1.77 bits per heavy atom. The minimum absolute atomic E-state index is 0.117. The molecule has 1 saturated heterocycles. The van der Waals surface area contributed by atoms with Crippen LogP contribution in [0.5, 0.6) is 11.8 Å². The van der Waals surface area contributed by atoms with Gasteiger partial charge in [-0.05, 0) is 101 Å². The van der Waals surface area contributed by atoms with Gasteiger partial charge in [0.2, 0.25) is 0 Å². The fraction of sp³-hybridized carbons (Fsp3) is 0.364. The number of halogens is 1. The molecule has 1 atom stereocenters. The maximum Gasteiger partial charge on any atom is 0.411 e. The van der Waals surface area contributed by atoms with Crippen molar-refractivity contribution in [1.82, 2.24) is 24.4 Å². The predicted molar refractivity (Wildman–Crippen MR) is 162 cm³/mol. The Morgan fingerprint density at radius 3 is 2.48 bits per heavy atom. The second kappa shape index (κ2) is 13.2. The molecule has 2 aromatic heterocycles. The lowest BCUT2D eigenvalue weighted by Gasteiger charge is -2.38. The van der Waals surface area contributed by atoms with Crippen molar-refractivity contribution in [2.45, 2.75) is 71.1 Å². The van der Waals surface area contributed by atoms with Crippen LogP contribution in [0.15, 0.2) is 67.1 Å². The zero-order chi connectivity index (χ0) is 31.3. The summed E-state index contributed by atoms with van der Waals surface area (Å²) in [5.41, 5.74) is 2.79. The molecule has 1 amide bonds. The van der Waals surface area contributed by atoms with Crippen molar-refractivity contribution >= 4 is 12.1 Å². The third-order valence-electron chi connectivity index (χ3n) is 7.20. The number of ether oxygens (including phenoxy) is 2. The van der Waals surface area contributed by atoms with Gasteiger partial charge in [-0.1, -0.05) is 12.1 Å². The number of rotatable bonds is 9. The number of amides is 1. The number of hydrogen-bond donors (Lipinski definition) is 1. The smallest absolute Gasteiger partial charge is 0.411 e. The molecule has 230 valence electrons. The Morgan fingerprint density at radius 1 is 1.02 bits per heavy atom. The van der Waals surface area contributed by atoms with E-state index >= 15 is 0 Å². The van der Waals surface area contributed by atoms with Crippen molar-refractivity contribution in [3.8, 4) is 34.4 Å². The van der Waals surface area contributed by atoms with Gasteiger partial charge < -0.3 is 19.1 Å². The highest BCUT2D eigenvalue weighted by Gasteiger charge is 2.34. The minimum Gasteiger partial charge on any atom is -0.481 e. The molecule has 1 N–H and O–H groups in total. The molecule has 1 fully saturated rings. The van der Waals surface area contributed by atoms with E-state index in [4.69, 9.17) is 24.5 Å². The first kappa shape index (κ1) is 30.7. The summed E-state index contributed by atoms with van der Waals surface area (Å²) in [5.74, 6) is -0.643. The first-order chi connectivity index (χ1) is 21.1. The summed E-state index contributed by atoms with van der Waals surface area (Å²) in [6.07, 6.45) is 6.29. The Balaban J connectivity index is 1.48. The minimum atomic E-state index is -0.813. The number of carbonyl (C=O) groups excluding carboxylic acids is 1. The number of aliphatic carboxylic acids is 1. The number of benzene rings is 2. The van der Waals surface area contributed by atoms with E-state index in [1.807, 2.05) is 37.5 Å². The van der Waals surface area contributed by atoms with Crippen molar-refractivity contribution in [3.05, 3.63) is 78.5 Å². The van der Waals surface area contributed by atoms with Crippen LogP contribution in [0.2, 0.25) is 0 Å². The average molecular weight is 602 g/mol. The monoisotopic (exact) mass is 601 g/mol. The molecule has 1 aliphatic heterocycles. The van der Waals surface area contributed by atoms with Crippen LogP contribution in [0.25, 0.3) is 22.6 Å². The molecule has 3 heterocycles. The lowest BCUT2D eigenvalue weighted by molar-refractivity contribution is -0.137. The normalized spacial score (nSPS) is 15.2. The number of nitrogens with zero attached hydrogens (tertiary/aromatic N) is 5. The topological polar surface area (TPSA) is 120 Å². The number of imidazole rings is 1. The Bertz CT molecular complexity index is 1600. The van der Waals surface area contributed by atoms with Crippen LogP contribution in [0.1, 0.15) is 64.6 Å². The number of hydrogen-bond acceptors (Lipinski definition) is 7.